The van der Waals surface area contributed by atoms with Gasteiger partial charge in [-0.05, 0) is 27.4 Å². The Morgan fingerprint density at radius 1 is 1.36 bits per heavy atom. The van der Waals surface area contributed by atoms with Gasteiger partial charge >= 0.3 is 0 Å². The number of aromatic nitrogens is 2. The maximum Gasteiger partial charge on any atom is 0.273 e. The number of carbonyl (C=O) groups excluding carboxylic acids is 1. The highest BCUT2D eigenvalue weighted by Crippen LogP contribution is 2.25. The van der Waals surface area contributed by atoms with E-state index in [0.29, 0.717) is 16.7 Å². The fraction of sp³-hybridized carbons (Fsp3) is 0.333. The molecule has 1 aromatic heterocycles. The number of halogens is 2. The molecule has 1 unspecified atom stereocenters. The van der Waals surface area contributed by atoms with Gasteiger partial charge in [-0.2, -0.15) is 5.10 Å². The Morgan fingerprint density at radius 3 is 2.55 bits per heavy atom. The molecule has 0 aliphatic heterocycles. The van der Waals surface area contributed by atoms with Crippen LogP contribution in [0.25, 0.3) is 0 Å². The molecule has 2 aromatic rings. The lowest BCUT2D eigenvalue weighted by atomic mass is 10.1. The lowest BCUT2D eigenvalue weighted by Crippen LogP contribution is -2.32. The number of hydrogen-bond acceptors (Lipinski definition) is 3. The van der Waals surface area contributed by atoms with Crippen LogP contribution in [0.2, 0.25) is 0 Å². The van der Waals surface area contributed by atoms with Gasteiger partial charge in [-0.3, -0.25) is 9.89 Å². The van der Waals surface area contributed by atoms with Crippen LogP contribution in [0.15, 0.2) is 34.8 Å². The van der Waals surface area contributed by atoms with Crippen molar-refractivity contribution in [2.45, 2.75) is 25.8 Å². The summed E-state index contributed by atoms with van der Waals surface area (Å²) in [5, 5.41) is 9.76. The van der Waals surface area contributed by atoms with Crippen molar-refractivity contribution in [3.63, 3.8) is 0 Å². The average molecular weight is 388 g/mol. The van der Waals surface area contributed by atoms with Crippen molar-refractivity contribution in [3.05, 3.63) is 51.8 Å². The number of H-pyrrole nitrogens is 1. The topological polar surface area (TPSA) is 83.8 Å². The Labute approximate surface area is 144 Å². The van der Waals surface area contributed by atoms with Crippen LogP contribution in [0.4, 0.5) is 0 Å². The predicted octanol–water partition coefficient (Wildman–Crippen LogP) is 3.15. The quantitative estimate of drug-likeness (QED) is 0.737. The van der Waals surface area contributed by atoms with Gasteiger partial charge in [-0.25, -0.2) is 0 Å². The van der Waals surface area contributed by atoms with Crippen LogP contribution in [-0.2, 0) is 0 Å². The maximum absolute atomic E-state index is 12.2. The summed E-state index contributed by atoms with van der Waals surface area (Å²) in [6.07, 6.45) is 0. The van der Waals surface area contributed by atoms with Gasteiger partial charge in [0.05, 0.1) is 10.2 Å². The van der Waals surface area contributed by atoms with E-state index in [4.69, 9.17) is 5.73 Å². The first-order chi connectivity index (χ1) is 10.0. The lowest BCUT2D eigenvalue weighted by molar-refractivity contribution is 0.0945. The zero-order valence-electron chi connectivity index (χ0n) is 12.5. The fourth-order valence-electron chi connectivity index (χ4n) is 1.98. The van der Waals surface area contributed by atoms with Crippen LogP contribution in [0, 0.1) is 0 Å². The predicted molar refractivity (Wildman–Crippen MR) is 93.3 cm³/mol. The standard InChI is InChI=1S/C15H19BrN4O.ClH/c1-9(2)13-12(16)14(20-19-13)15(21)18-8-11(17)10-6-4-3-5-7-10;/h3-7,9,11H,8,17H2,1-2H3,(H,18,21)(H,19,20);1H. The lowest BCUT2D eigenvalue weighted by Gasteiger charge is -2.12. The van der Waals surface area contributed by atoms with Crippen molar-refractivity contribution < 1.29 is 4.79 Å². The second-order valence-electron chi connectivity index (χ2n) is 5.18. The van der Waals surface area contributed by atoms with Crippen LogP contribution in [0.1, 0.15) is 47.6 Å². The zero-order chi connectivity index (χ0) is 15.4. The van der Waals surface area contributed by atoms with Gasteiger partial charge in [0.2, 0.25) is 0 Å². The summed E-state index contributed by atoms with van der Waals surface area (Å²) in [6, 6.07) is 9.43. The van der Waals surface area contributed by atoms with E-state index in [9.17, 15) is 4.79 Å². The third-order valence-corrected chi connectivity index (χ3v) is 4.04. The molecule has 0 saturated carbocycles. The number of nitrogens with two attached hydrogens (primary N) is 1. The van der Waals surface area contributed by atoms with Crippen LogP contribution in [0.5, 0.6) is 0 Å². The largest absolute Gasteiger partial charge is 0.349 e. The molecule has 7 heteroatoms. The number of hydrogen-bond donors (Lipinski definition) is 3. The minimum atomic E-state index is -0.239. The molecule has 0 fully saturated rings. The molecule has 120 valence electrons. The number of carbonyl (C=O) groups is 1. The summed E-state index contributed by atoms with van der Waals surface area (Å²) >= 11 is 3.42. The minimum absolute atomic E-state index is 0. The summed E-state index contributed by atoms with van der Waals surface area (Å²) in [4.78, 5) is 12.2. The van der Waals surface area contributed by atoms with Gasteiger partial charge < -0.3 is 11.1 Å². The third-order valence-electron chi connectivity index (χ3n) is 3.24. The molecule has 1 amide bonds. The Bertz CT molecular complexity index is 615. The molecule has 2 rings (SSSR count). The zero-order valence-corrected chi connectivity index (χ0v) is 14.9. The van der Waals surface area contributed by atoms with E-state index in [0.717, 1.165) is 11.3 Å². The van der Waals surface area contributed by atoms with E-state index < -0.39 is 0 Å². The van der Waals surface area contributed by atoms with E-state index in [1.54, 1.807) is 0 Å². The maximum atomic E-state index is 12.2. The highest BCUT2D eigenvalue weighted by atomic mass is 79.9. The van der Waals surface area contributed by atoms with Crippen LogP contribution >= 0.6 is 28.3 Å². The van der Waals surface area contributed by atoms with Gasteiger partial charge in [0.15, 0.2) is 5.69 Å². The third kappa shape index (κ3) is 4.32. The molecule has 1 heterocycles. The number of aromatic amines is 1. The summed E-state index contributed by atoms with van der Waals surface area (Å²) in [7, 11) is 0. The van der Waals surface area contributed by atoms with Gasteiger partial charge in [-0.1, -0.05) is 44.2 Å². The molecule has 5 nitrogen and oxygen atoms in total. The van der Waals surface area contributed by atoms with E-state index in [1.165, 1.54) is 0 Å². The van der Waals surface area contributed by atoms with Crippen molar-refractivity contribution in [1.29, 1.82) is 0 Å². The first-order valence-corrected chi connectivity index (χ1v) is 7.62. The van der Waals surface area contributed by atoms with E-state index in [2.05, 4.69) is 31.4 Å². The Morgan fingerprint density at radius 2 is 2.00 bits per heavy atom. The number of nitrogens with one attached hydrogen (secondary N) is 2. The highest BCUT2D eigenvalue weighted by Gasteiger charge is 2.19. The van der Waals surface area contributed by atoms with Crippen molar-refractivity contribution in [2.24, 2.45) is 5.73 Å². The fourth-order valence-corrected chi connectivity index (χ4v) is 2.79. The molecule has 0 aliphatic rings. The van der Waals surface area contributed by atoms with Crippen LogP contribution in [0.3, 0.4) is 0 Å². The van der Waals surface area contributed by atoms with Crippen molar-refractivity contribution >= 4 is 34.2 Å². The number of benzene rings is 1. The van der Waals surface area contributed by atoms with Crippen molar-refractivity contribution in [1.82, 2.24) is 15.5 Å². The molecule has 0 spiro atoms. The summed E-state index contributed by atoms with van der Waals surface area (Å²) in [5.41, 5.74) is 8.32. The van der Waals surface area contributed by atoms with Gasteiger partial charge in [0.25, 0.3) is 5.91 Å². The second-order valence-corrected chi connectivity index (χ2v) is 5.97. The van der Waals surface area contributed by atoms with Crippen LogP contribution in [-0.4, -0.2) is 22.6 Å². The van der Waals surface area contributed by atoms with Crippen molar-refractivity contribution in [2.75, 3.05) is 6.54 Å². The van der Waals surface area contributed by atoms with Gasteiger partial charge in [0.1, 0.15) is 0 Å². The molecule has 0 radical (unpaired) electrons. The molecule has 1 aromatic carbocycles. The number of nitrogens with zero attached hydrogens (tertiary/aromatic N) is 1. The first kappa shape index (κ1) is 18.7. The van der Waals surface area contributed by atoms with Crippen molar-refractivity contribution in [3.8, 4) is 0 Å². The van der Waals surface area contributed by atoms with Gasteiger partial charge in [0, 0.05) is 12.6 Å². The molecule has 22 heavy (non-hydrogen) atoms. The molecule has 0 bridgehead atoms. The Kier molecular flexibility index (Phi) is 7.06. The number of amides is 1. The average Bonchev–Trinajstić information content (AvgIpc) is 2.87. The van der Waals surface area contributed by atoms with Gasteiger partial charge in [-0.15, -0.1) is 12.4 Å². The SMILES string of the molecule is CC(C)c1[nH]nc(C(=O)NCC(N)c2ccccc2)c1Br.Cl. The highest BCUT2D eigenvalue weighted by molar-refractivity contribution is 9.10. The molecular formula is C15H20BrClN4O. The summed E-state index contributed by atoms with van der Waals surface area (Å²) in [6.45, 7) is 4.43. The molecular weight excluding hydrogens is 368 g/mol. The van der Waals surface area contributed by atoms with Crippen LogP contribution < -0.4 is 11.1 Å². The van der Waals surface area contributed by atoms with E-state index in [1.807, 2.05) is 44.2 Å². The normalized spacial score (nSPS) is 11.9. The summed E-state index contributed by atoms with van der Waals surface area (Å²) < 4.78 is 0.711. The molecule has 0 saturated heterocycles. The first-order valence-electron chi connectivity index (χ1n) is 6.83. The second kappa shape index (κ2) is 8.31. The number of rotatable bonds is 5. The minimum Gasteiger partial charge on any atom is -0.349 e. The monoisotopic (exact) mass is 386 g/mol. The Balaban J connectivity index is 0.00000242. The Hall–Kier alpha value is -1.37. The van der Waals surface area contributed by atoms with E-state index >= 15 is 0 Å². The smallest absolute Gasteiger partial charge is 0.273 e. The molecule has 1 atom stereocenters. The summed E-state index contributed by atoms with van der Waals surface area (Å²) in [5.74, 6) is 0.0245. The molecule has 0 aliphatic carbocycles. The molecule has 4 N–H and O–H groups in total. The van der Waals surface area contributed by atoms with E-state index in [-0.39, 0.29) is 30.3 Å².